The Morgan fingerprint density at radius 2 is 1.42 bits per heavy atom. The number of cyclic esters (lactones) is 1. The normalized spacial score (nSPS) is 20.1. The highest BCUT2D eigenvalue weighted by Gasteiger charge is 2.43. The quantitative estimate of drug-likeness (QED) is 0.480. The van der Waals surface area contributed by atoms with Crippen molar-refractivity contribution in [2.75, 3.05) is 0 Å². The monoisotopic (exact) mass is 433 g/mol. The number of rotatable bonds is 5. The number of hydrogen-bond donors (Lipinski definition) is 1. The maximum absolute atomic E-state index is 13.1. The van der Waals surface area contributed by atoms with Crippen molar-refractivity contribution in [1.29, 1.82) is 0 Å². The molecule has 1 aliphatic rings. The lowest BCUT2D eigenvalue weighted by Gasteiger charge is -2.20. The van der Waals surface area contributed by atoms with Crippen LogP contribution in [0.5, 0.6) is 0 Å². The van der Waals surface area contributed by atoms with Gasteiger partial charge in [0.1, 0.15) is 6.10 Å². The van der Waals surface area contributed by atoms with E-state index in [1.807, 2.05) is 68.4 Å². The van der Waals surface area contributed by atoms with E-state index in [1.165, 1.54) is 0 Å². The second-order valence-corrected chi connectivity index (χ2v) is 9.37. The van der Waals surface area contributed by atoms with E-state index in [2.05, 4.69) is 4.72 Å². The van der Waals surface area contributed by atoms with Gasteiger partial charge < -0.3 is 4.74 Å². The van der Waals surface area contributed by atoms with Gasteiger partial charge in [-0.1, -0.05) is 77.9 Å². The van der Waals surface area contributed by atoms with Crippen molar-refractivity contribution in [3.8, 4) is 0 Å². The Balaban J connectivity index is 1.76. The molecule has 1 N–H and O–H groups in total. The van der Waals surface area contributed by atoms with Crippen LogP contribution in [0.1, 0.15) is 28.4 Å². The van der Waals surface area contributed by atoms with Gasteiger partial charge in [0.2, 0.25) is 10.0 Å². The van der Waals surface area contributed by atoms with E-state index >= 15 is 0 Å². The van der Waals surface area contributed by atoms with Crippen LogP contribution < -0.4 is 4.72 Å². The highest BCUT2D eigenvalue weighted by Crippen LogP contribution is 2.36. The Bertz CT molecular complexity index is 1210. The zero-order chi connectivity index (χ0) is 22.0. The fourth-order valence-electron chi connectivity index (χ4n) is 3.51. The Hall–Kier alpha value is -3.22. The van der Waals surface area contributed by atoms with Gasteiger partial charge in [0.25, 0.3) is 0 Å². The third-order valence-corrected chi connectivity index (χ3v) is 6.71. The summed E-state index contributed by atoms with van der Waals surface area (Å²) in [6.45, 7) is 3.85. The number of esters is 1. The molecule has 1 saturated heterocycles. The molecule has 0 aliphatic carbocycles. The molecular formula is C25H23NO4S. The maximum Gasteiger partial charge on any atom is 0.336 e. The molecule has 0 radical (unpaired) electrons. The van der Waals surface area contributed by atoms with Crippen LogP contribution in [0.25, 0.3) is 6.08 Å². The van der Waals surface area contributed by atoms with E-state index < -0.39 is 28.1 Å². The molecule has 0 saturated carbocycles. The highest BCUT2D eigenvalue weighted by molar-refractivity contribution is 7.89. The van der Waals surface area contributed by atoms with Crippen molar-refractivity contribution in [1.82, 2.24) is 4.72 Å². The standard InChI is InChI=1S/C25H23NO4S/c1-17-8-12-20(13-9-17)24-23(26-31(28,29)21-14-10-18(2)11-15-21)22(25(27)30-24)16-19-6-4-3-5-7-19/h3-16,23-24,26H,1-2H3/b22-16+/t23-,24+/m0/s1. The molecule has 0 unspecified atom stereocenters. The zero-order valence-corrected chi connectivity index (χ0v) is 18.1. The molecule has 3 aromatic rings. The number of ether oxygens (including phenoxy) is 1. The van der Waals surface area contributed by atoms with Gasteiger partial charge in [0.05, 0.1) is 16.5 Å². The van der Waals surface area contributed by atoms with E-state index in [0.29, 0.717) is 0 Å². The van der Waals surface area contributed by atoms with Crippen LogP contribution in [0.2, 0.25) is 0 Å². The number of aryl methyl sites for hydroxylation is 2. The minimum atomic E-state index is -3.88. The number of hydrogen-bond acceptors (Lipinski definition) is 4. The van der Waals surface area contributed by atoms with E-state index in [0.717, 1.165) is 22.3 Å². The first kappa shape index (κ1) is 21.0. The van der Waals surface area contributed by atoms with Crippen molar-refractivity contribution >= 4 is 22.1 Å². The summed E-state index contributed by atoms with van der Waals surface area (Å²) in [4.78, 5) is 12.9. The molecule has 5 nitrogen and oxygen atoms in total. The van der Waals surface area contributed by atoms with Crippen LogP contribution in [0, 0.1) is 13.8 Å². The third-order valence-electron chi connectivity index (χ3n) is 5.25. The Morgan fingerprint density at radius 1 is 0.839 bits per heavy atom. The molecule has 0 bridgehead atoms. The molecule has 2 atom stereocenters. The summed E-state index contributed by atoms with van der Waals surface area (Å²) in [7, 11) is -3.88. The summed E-state index contributed by atoms with van der Waals surface area (Å²) in [5.41, 5.74) is 3.81. The van der Waals surface area contributed by atoms with Gasteiger partial charge in [-0.25, -0.2) is 13.2 Å². The Kier molecular flexibility index (Phi) is 5.76. The van der Waals surface area contributed by atoms with E-state index in [1.54, 1.807) is 30.3 Å². The van der Waals surface area contributed by atoms with Gasteiger partial charge in [-0.05, 0) is 43.2 Å². The van der Waals surface area contributed by atoms with Gasteiger partial charge >= 0.3 is 5.97 Å². The number of sulfonamides is 1. The molecule has 1 heterocycles. The van der Waals surface area contributed by atoms with Gasteiger partial charge in [-0.15, -0.1) is 0 Å². The first-order valence-electron chi connectivity index (χ1n) is 9.97. The number of carbonyl (C=O) groups excluding carboxylic acids is 1. The summed E-state index contributed by atoms with van der Waals surface area (Å²) < 4.78 is 34.6. The van der Waals surface area contributed by atoms with Crippen LogP contribution >= 0.6 is 0 Å². The lowest BCUT2D eigenvalue weighted by Crippen LogP contribution is -2.38. The van der Waals surface area contributed by atoms with Crippen molar-refractivity contribution in [3.63, 3.8) is 0 Å². The topological polar surface area (TPSA) is 72.5 Å². The minimum absolute atomic E-state index is 0.138. The van der Waals surface area contributed by atoms with Gasteiger partial charge in [0, 0.05) is 0 Å². The van der Waals surface area contributed by atoms with E-state index in [9.17, 15) is 13.2 Å². The molecule has 158 valence electrons. The zero-order valence-electron chi connectivity index (χ0n) is 17.3. The maximum atomic E-state index is 13.1. The average molecular weight is 434 g/mol. The number of carbonyl (C=O) groups is 1. The second-order valence-electron chi connectivity index (χ2n) is 7.66. The third kappa shape index (κ3) is 4.60. The molecule has 6 heteroatoms. The minimum Gasteiger partial charge on any atom is -0.452 e. The van der Waals surface area contributed by atoms with Crippen LogP contribution in [-0.4, -0.2) is 20.4 Å². The van der Waals surface area contributed by atoms with Crippen molar-refractivity contribution in [3.05, 3.63) is 107 Å². The predicted molar refractivity (Wildman–Crippen MR) is 120 cm³/mol. The molecule has 1 aliphatic heterocycles. The Labute approximate surface area is 182 Å². The fraction of sp³-hybridized carbons (Fsp3) is 0.160. The van der Waals surface area contributed by atoms with Gasteiger partial charge in [0.15, 0.2) is 0 Å². The number of benzene rings is 3. The first-order chi connectivity index (χ1) is 14.8. The lowest BCUT2D eigenvalue weighted by molar-refractivity contribution is -0.139. The highest BCUT2D eigenvalue weighted by atomic mass is 32.2. The summed E-state index contributed by atoms with van der Waals surface area (Å²) in [5.74, 6) is -0.536. The molecule has 0 spiro atoms. The van der Waals surface area contributed by atoms with Crippen LogP contribution in [0.4, 0.5) is 0 Å². The molecule has 31 heavy (non-hydrogen) atoms. The van der Waals surface area contributed by atoms with E-state index in [-0.39, 0.29) is 10.5 Å². The lowest BCUT2D eigenvalue weighted by atomic mass is 9.97. The van der Waals surface area contributed by atoms with Crippen molar-refractivity contribution in [2.45, 2.75) is 30.9 Å². The average Bonchev–Trinajstić information content (AvgIpc) is 3.04. The van der Waals surface area contributed by atoms with Gasteiger partial charge in [-0.3, -0.25) is 0 Å². The second kappa shape index (κ2) is 8.49. The summed E-state index contributed by atoms with van der Waals surface area (Å²) in [6.07, 6.45) is 0.919. The molecule has 0 aromatic heterocycles. The molecule has 1 fully saturated rings. The largest absolute Gasteiger partial charge is 0.452 e. The summed E-state index contributed by atoms with van der Waals surface area (Å²) in [5, 5.41) is 0. The summed E-state index contributed by atoms with van der Waals surface area (Å²) in [6, 6.07) is 22.5. The molecule has 3 aromatic carbocycles. The molecular weight excluding hydrogens is 410 g/mol. The smallest absolute Gasteiger partial charge is 0.336 e. The first-order valence-corrected chi connectivity index (χ1v) is 11.4. The van der Waals surface area contributed by atoms with Crippen LogP contribution in [0.3, 0.4) is 0 Å². The van der Waals surface area contributed by atoms with Crippen molar-refractivity contribution in [2.24, 2.45) is 0 Å². The summed E-state index contributed by atoms with van der Waals surface area (Å²) >= 11 is 0. The number of nitrogens with one attached hydrogen (secondary N) is 1. The Morgan fingerprint density at radius 3 is 2.03 bits per heavy atom. The predicted octanol–water partition coefficient (Wildman–Crippen LogP) is 4.33. The van der Waals surface area contributed by atoms with Crippen molar-refractivity contribution < 1.29 is 17.9 Å². The SMILES string of the molecule is Cc1ccc([C@H]2OC(=O)/C(=C/c3ccccc3)[C@@H]2NS(=O)(=O)c2ccc(C)cc2)cc1. The van der Waals surface area contributed by atoms with Crippen LogP contribution in [-0.2, 0) is 19.6 Å². The molecule has 4 rings (SSSR count). The molecule has 0 amide bonds. The van der Waals surface area contributed by atoms with E-state index in [4.69, 9.17) is 4.74 Å². The fourth-order valence-corrected chi connectivity index (χ4v) is 4.73. The van der Waals surface area contributed by atoms with Crippen LogP contribution in [0.15, 0.2) is 89.3 Å². The van der Waals surface area contributed by atoms with Gasteiger partial charge in [-0.2, -0.15) is 4.72 Å².